The van der Waals surface area contributed by atoms with Crippen LogP contribution in [0.2, 0.25) is 0 Å². The van der Waals surface area contributed by atoms with Crippen LogP contribution in [0.5, 0.6) is 0 Å². The minimum Gasteiger partial charge on any atom is -0.378 e. The van der Waals surface area contributed by atoms with Crippen LogP contribution in [-0.4, -0.2) is 44.2 Å². The van der Waals surface area contributed by atoms with E-state index in [-0.39, 0.29) is 0 Å². The maximum absolute atomic E-state index is 3.79. The maximum atomic E-state index is 3.79. The lowest BCUT2D eigenvalue weighted by Crippen LogP contribution is -2.44. The SMILES string of the molecule is CN(C)c1ccc(CNC2CCN3CCCCC23)cc1. The van der Waals surface area contributed by atoms with Crippen molar-refractivity contribution < 1.29 is 0 Å². The summed E-state index contributed by atoms with van der Waals surface area (Å²) in [6.07, 6.45) is 5.52. The molecule has 0 aliphatic carbocycles. The first kappa shape index (κ1) is 13.9. The van der Waals surface area contributed by atoms with Crippen molar-refractivity contribution in [2.24, 2.45) is 0 Å². The van der Waals surface area contributed by atoms with Crippen molar-refractivity contribution in [1.82, 2.24) is 10.2 Å². The average Bonchev–Trinajstić information content (AvgIpc) is 2.89. The third-order valence-corrected chi connectivity index (χ3v) is 4.88. The third kappa shape index (κ3) is 2.99. The Morgan fingerprint density at radius 2 is 1.90 bits per heavy atom. The number of benzene rings is 1. The van der Waals surface area contributed by atoms with Gasteiger partial charge in [0.2, 0.25) is 0 Å². The summed E-state index contributed by atoms with van der Waals surface area (Å²) >= 11 is 0. The molecule has 0 aromatic heterocycles. The summed E-state index contributed by atoms with van der Waals surface area (Å²) in [5.41, 5.74) is 2.66. The minimum absolute atomic E-state index is 0.698. The highest BCUT2D eigenvalue weighted by molar-refractivity contribution is 5.45. The van der Waals surface area contributed by atoms with Crippen molar-refractivity contribution in [3.8, 4) is 0 Å². The lowest BCUT2D eigenvalue weighted by molar-refractivity contribution is 0.180. The molecule has 2 aliphatic rings. The third-order valence-electron chi connectivity index (χ3n) is 4.88. The molecule has 110 valence electrons. The first-order chi connectivity index (χ1) is 9.74. The van der Waals surface area contributed by atoms with E-state index in [1.165, 1.54) is 50.0 Å². The summed E-state index contributed by atoms with van der Waals surface area (Å²) in [5.74, 6) is 0. The predicted octanol–water partition coefficient (Wildman–Crippen LogP) is 2.47. The fourth-order valence-electron chi connectivity index (χ4n) is 3.65. The average molecular weight is 273 g/mol. The Morgan fingerprint density at radius 3 is 2.65 bits per heavy atom. The molecule has 1 aromatic rings. The highest BCUT2D eigenvalue weighted by Gasteiger charge is 2.34. The molecule has 3 heteroatoms. The van der Waals surface area contributed by atoms with Crippen LogP contribution in [0.3, 0.4) is 0 Å². The highest BCUT2D eigenvalue weighted by Crippen LogP contribution is 2.27. The topological polar surface area (TPSA) is 18.5 Å². The van der Waals surface area contributed by atoms with E-state index in [9.17, 15) is 0 Å². The number of rotatable bonds is 4. The minimum atomic E-state index is 0.698. The van der Waals surface area contributed by atoms with Gasteiger partial charge in [0.05, 0.1) is 0 Å². The molecule has 3 nitrogen and oxygen atoms in total. The van der Waals surface area contributed by atoms with E-state index in [4.69, 9.17) is 0 Å². The van der Waals surface area contributed by atoms with Gasteiger partial charge in [-0.1, -0.05) is 18.6 Å². The van der Waals surface area contributed by atoms with E-state index in [2.05, 4.69) is 53.5 Å². The van der Waals surface area contributed by atoms with E-state index >= 15 is 0 Å². The molecule has 2 atom stereocenters. The van der Waals surface area contributed by atoms with E-state index in [1.807, 2.05) is 0 Å². The molecule has 0 saturated carbocycles. The first-order valence-corrected chi connectivity index (χ1v) is 7.98. The number of nitrogens with zero attached hydrogens (tertiary/aromatic N) is 2. The molecule has 1 N–H and O–H groups in total. The molecule has 2 saturated heterocycles. The van der Waals surface area contributed by atoms with Crippen LogP contribution in [0.15, 0.2) is 24.3 Å². The smallest absolute Gasteiger partial charge is 0.0361 e. The number of nitrogens with one attached hydrogen (secondary N) is 1. The Labute approximate surface area is 123 Å². The zero-order valence-corrected chi connectivity index (χ0v) is 12.8. The van der Waals surface area contributed by atoms with Crippen molar-refractivity contribution in [3.63, 3.8) is 0 Å². The molecule has 0 radical (unpaired) electrons. The molecule has 2 aliphatic heterocycles. The molecule has 3 rings (SSSR count). The normalized spacial score (nSPS) is 26.5. The van der Waals surface area contributed by atoms with Crippen LogP contribution < -0.4 is 10.2 Å². The molecular weight excluding hydrogens is 246 g/mol. The number of piperidine rings is 1. The quantitative estimate of drug-likeness (QED) is 0.909. The fraction of sp³-hybridized carbons (Fsp3) is 0.647. The fourth-order valence-corrected chi connectivity index (χ4v) is 3.65. The molecule has 1 aromatic carbocycles. The zero-order valence-electron chi connectivity index (χ0n) is 12.8. The number of hydrogen-bond acceptors (Lipinski definition) is 3. The molecule has 2 heterocycles. The van der Waals surface area contributed by atoms with Crippen molar-refractivity contribution in [1.29, 1.82) is 0 Å². The molecule has 2 fully saturated rings. The van der Waals surface area contributed by atoms with Gasteiger partial charge in [0, 0.05) is 45.0 Å². The Balaban J connectivity index is 1.54. The Hall–Kier alpha value is -1.06. The first-order valence-electron chi connectivity index (χ1n) is 7.98. The molecule has 20 heavy (non-hydrogen) atoms. The van der Waals surface area contributed by atoms with Gasteiger partial charge in [-0.25, -0.2) is 0 Å². The van der Waals surface area contributed by atoms with E-state index in [0.29, 0.717) is 6.04 Å². The van der Waals surface area contributed by atoms with E-state index in [0.717, 1.165) is 12.6 Å². The molecule has 0 bridgehead atoms. The van der Waals surface area contributed by atoms with Crippen molar-refractivity contribution in [3.05, 3.63) is 29.8 Å². The lowest BCUT2D eigenvalue weighted by Gasteiger charge is -2.32. The number of fused-ring (bicyclic) bond motifs is 1. The Kier molecular flexibility index (Phi) is 4.27. The highest BCUT2D eigenvalue weighted by atomic mass is 15.2. The van der Waals surface area contributed by atoms with Crippen LogP contribution >= 0.6 is 0 Å². The lowest BCUT2D eigenvalue weighted by atomic mass is 9.99. The second-order valence-electron chi connectivity index (χ2n) is 6.44. The van der Waals surface area contributed by atoms with Gasteiger partial charge in [-0.2, -0.15) is 0 Å². The number of anilines is 1. The molecule has 0 spiro atoms. The van der Waals surface area contributed by atoms with Crippen LogP contribution in [0.4, 0.5) is 5.69 Å². The Morgan fingerprint density at radius 1 is 1.10 bits per heavy atom. The van der Waals surface area contributed by atoms with Gasteiger partial charge in [0.1, 0.15) is 0 Å². The summed E-state index contributed by atoms with van der Waals surface area (Å²) in [5, 5.41) is 3.79. The summed E-state index contributed by atoms with van der Waals surface area (Å²) in [6, 6.07) is 10.4. The standard InChI is InChI=1S/C17H27N3/c1-19(2)15-8-6-14(7-9-15)13-18-16-10-12-20-11-4-3-5-17(16)20/h6-9,16-18H,3-5,10-13H2,1-2H3. The van der Waals surface area contributed by atoms with Gasteiger partial charge in [0.15, 0.2) is 0 Å². The van der Waals surface area contributed by atoms with Crippen LogP contribution in [0, 0.1) is 0 Å². The van der Waals surface area contributed by atoms with E-state index in [1.54, 1.807) is 0 Å². The Bertz CT molecular complexity index is 426. The van der Waals surface area contributed by atoms with Crippen molar-refractivity contribution in [2.75, 3.05) is 32.1 Å². The second-order valence-corrected chi connectivity index (χ2v) is 6.44. The van der Waals surface area contributed by atoms with Gasteiger partial charge < -0.3 is 10.2 Å². The van der Waals surface area contributed by atoms with Gasteiger partial charge in [-0.05, 0) is 43.5 Å². The van der Waals surface area contributed by atoms with Gasteiger partial charge in [-0.15, -0.1) is 0 Å². The number of hydrogen-bond donors (Lipinski definition) is 1. The summed E-state index contributed by atoms with van der Waals surface area (Å²) in [6.45, 7) is 3.62. The van der Waals surface area contributed by atoms with Crippen LogP contribution in [-0.2, 0) is 6.54 Å². The maximum Gasteiger partial charge on any atom is 0.0361 e. The summed E-state index contributed by atoms with van der Waals surface area (Å²) in [7, 11) is 4.17. The van der Waals surface area contributed by atoms with Gasteiger partial charge in [-0.3, -0.25) is 4.90 Å². The zero-order chi connectivity index (χ0) is 13.9. The summed E-state index contributed by atoms with van der Waals surface area (Å²) in [4.78, 5) is 4.84. The second kappa shape index (κ2) is 6.15. The monoisotopic (exact) mass is 273 g/mol. The van der Waals surface area contributed by atoms with Crippen molar-refractivity contribution in [2.45, 2.75) is 44.3 Å². The predicted molar refractivity (Wildman–Crippen MR) is 85.2 cm³/mol. The summed E-state index contributed by atoms with van der Waals surface area (Å²) < 4.78 is 0. The van der Waals surface area contributed by atoms with Crippen molar-refractivity contribution >= 4 is 5.69 Å². The van der Waals surface area contributed by atoms with E-state index < -0.39 is 0 Å². The van der Waals surface area contributed by atoms with Gasteiger partial charge >= 0.3 is 0 Å². The van der Waals surface area contributed by atoms with Crippen LogP contribution in [0.25, 0.3) is 0 Å². The molecule has 2 unspecified atom stereocenters. The molecule has 0 amide bonds. The van der Waals surface area contributed by atoms with Gasteiger partial charge in [0.25, 0.3) is 0 Å². The van der Waals surface area contributed by atoms with Crippen LogP contribution in [0.1, 0.15) is 31.2 Å². The molecular formula is C17H27N3. The largest absolute Gasteiger partial charge is 0.378 e.